The molecular weight excluding hydrogens is 200 g/mol. The van der Waals surface area contributed by atoms with Gasteiger partial charge in [0, 0.05) is 0 Å². The minimum Gasteiger partial charge on any atom is -0.117 e. The molecule has 0 unspecified atom stereocenters. The largest absolute Gasteiger partial charge is 0.117 e. The SMILES string of the molecule is C#Cc1sc(C#C)c(CC=C)c1CC=C. The van der Waals surface area contributed by atoms with Gasteiger partial charge in [-0.2, -0.15) is 0 Å². The molecular formula is C14H12S. The first-order chi connectivity index (χ1) is 7.28. The van der Waals surface area contributed by atoms with Crippen LogP contribution in [0.4, 0.5) is 0 Å². The van der Waals surface area contributed by atoms with Gasteiger partial charge in [-0.3, -0.25) is 0 Å². The van der Waals surface area contributed by atoms with Crippen molar-refractivity contribution < 1.29 is 0 Å². The average Bonchev–Trinajstić information content (AvgIpc) is 2.58. The number of hydrogen-bond acceptors (Lipinski definition) is 1. The molecule has 0 aliphatic rings. The molecule has 0 aromatic carbocycles. The molecule has 0 radical (unpaired) electrons. The van der Waals surface area contributed by atoms with Crippen LogP contribution < -0.4 is 0 Å². The van der Waals surface area contributed by atoms with Crippen LogP contribution >= 0.6 is 11.3 Å². The van der Waals surface area contributed by atoms with Gasteiger partial charge in [0.15, 0.2) is 0 Å². The third-order valence-corrected chi connectivity index (χ3v) is 3.21. The van der Waals surface area contributed by atoms with E-state index in [9.17, 15) is 0 Å². The Kier molecular flexibility index (Phi) is 3.98. The maximum absolute atomic E-state index is 5.45. The van der Waals surface area contributed by atoms with Crippen LogP contribution in [-0.4, -0.2) is 0 Å². The van der Waals surface area contributed by atoms with Gasteiger partial charge in [0.05, 0.1) is 9.75 Å². The number of allylic oxidation sites excluding steroid dienone is 2. The topological polar surface area (TPSA) is 0 Å². The summed E-state index contributed by atoms with van der Waals surface area (Å²) >= 11 is 1.50. The summed E-state index contributed by atoms with van der Waals surface area (Å²) < 4.78 is 0. The van der Waals surface area contributed by atoms with Crippen molar-refractivity contribution in [1.29, 1.82) is 0 Å². The van der Waals surface area contributed by atoms with Gasteiger partial charge in [-0.1, -0.05) is 24.0 Å². The Morgan fingerprint density at radius 3 is 1.67 bits per heavy atom. The number of thiophene rings is 1. The van der Waals surface area contributed by atoms with Gasteiger partial charge in [-0.15, -0.1) is 37.3 Å². The highest BCUT2D eigenvalue weighted by Gasteiger charge is 2.13. The van der Waals surface area contributed by atoms with Crippen molar-refractivity contribution in [2.75, 3.05) is 0 Å². The Bertz CT molecular complexity index is 418. The predicted molar refractivity (Wildman–Crippen MR) is 68.0 cm³/mol. The quantitative estimate of drug-likeness (QED) is 0.531. The van der Waals surface area contributed by atoms with E-state index in [4.69, 9.17) is 12.8 Å². The molecule has 0 aliphatic carbocycles. The van der Waals surface area contributed by atoms with Gasteiger partial charge in [0.1, 0.15) is 0 Å². The standard InChI is InChI=1S/C14H12S/c1-5-9-11-12(10-6-2)14(8-4)15-13(11)7-3/h3-6H,1-2,9-10H2. The van der Waals surface area contributed by atoms with Crippen LogP contribution in [0.3, 0.4) is 0 Å². The zero-order valence-electron chi connectivity index (χ0n) is 8.55. The fraction of sp³-hybridized carbons (Fsp3) is 0.143. The normalized spacial score (nSPS) is 8.93. The molecule has 1 heteroatoms. The Hall–Kier alpha value is -1.70. The number of hydrogen-bond donors (Lipinski definition) is 0. The highest BCUT2D eigenvalue weighted by Crippen LogP contribution is 2.28. The molecule has 0 bridgehead atoms. The first kappa shape index (κ1) is 11.4. The molecule has 0 saturated heterocycles. The second-order valence-corrected chi connectivity index (χ2v) is 4.01. The molecule has 0 nitrogen and oxygen atoms in total. The molecule has 0 atom stereocenters. The Morgan fingerprint density at radius 2 is 1.40 bits per heavy atom. The molecule has 15 heavy (non-hydrogen) atoms. The lowest BCUT2D eigenvalue weighted by Gasteiger charge is -1.99. The molecule has 0 N–H and O–H groups in total. The van der Waals surface area contributed by atoms with Gasteiger partial charge < -0.3 is 0 Å². The lowest BCUT2D eigenvalue weighted by Crippen LogP contribution is -1.90. The van der Waals surface area contributed by atoms with Crippen molar-refractivity contribution >= 4 is 11.3 Å². The Labute approximate surface area is 95.3 Å². The summed E-state index contributed by atoms with van der Waals surface area (Å²) in [5, 5.41) is 0. The minimum atomic E-state index is 0.765. The number of rotatable bonds is 4. The fourth-order valence-electron chi connectivity index (χ4n) is 1.45. The van der Waals surface area contributed by atoms with E-state index in [1.54, 1.807) is 0 Å². The minimum absolute atomic E-state index is 0.765. The zero-order valence-corrected chi connectivity index (χ0v) is 9.36. The van der Waals surface area contributed by atoms with Crippen molar-refractivity contribution in [1.82, 2.24) is 0 Å². The van der Waals surface area contributed by atoms with E-state index in [2.05, 4.69) is 25.0 Å². The van der Waals surface area contributed by atoms with Gasteiger partial charge in [0.2, 0.25) is 0 Å². The molecule has 74 valence electrons. The fourth-order valence-corrected chi connectivity index (χ4v) is 2.43. The molecule has 1 rings (SSSR count). The maximum Gasteiger partial charge on any atom is 0.0817 e. The van der Waals surface area contributed by atoms with Crippen LogP contribution in [0.5, 0.6) is 0 Å². The lowest BCUT2D eigenvalue weighted by atomic mass is 10.0. The van der Waals surface area contributed by atoms with Crippen LogP contribution in [0.25, 0.3) is 0 Å². The second kappa shape index (κ2) is 5.25. The van der Waals surface area contributed by atoms with Crippen LogP contribution in [0.15, 0.2) is 25.3 Å². The molecule has 1 heterocycles. The summed E-state index contributed by atoms with van der Waals surface area (Å²) in [6.45, 7) is 7.45. The predicted octanol–water partition coefficient (Wildman–Crippen LogP) is 3.17. The summed E-state index contributed by atoms with van der Waals surface area (Å²) in [4.78, 5) is 1.83. The summed E-state index contributed by atoms with van der Waals surface area (Å²) in [6.07, 6.45) is 16.1. The van der Waals surface area contributed by atoms with Crippen molar-refractivity contribution in [3.05, 3.63) is 46.2 Å². The van der Waals surface area contributed by atoms with E-state index in [0.717, 1.165) is 33.7 Å². The van der Waals surface area contributed by atoms with Gasteiger partial charge >= 0.3 is 0 Å². The number of terminal acetylenes is 2. The summed E-state index contributed by atoms with van der Waals surface area (Å²) in [7, 11) is 0. The van der Waals surface area contributed by atoms with E-state index >= 15 is 0 Å². The molecule has 1 aromatic heterocycles. The van der Waals surface area contributed by atoms with Crippen LogP contribution in [0.2, 0.25) is 0 Å². The first-order valence-corrected chi connectivity index (χ1v) is 5.39. The third kappa shape index (κ3) is 2.21. The second-order valence-electron chi connectivity index (χ2n) is 2.99. The zero-order chi connectivity index (χ0) is 11.3. The van der Waals surface area contributed by atoms with Gasteiger partial charge in [-0.25, -0.2) is 0 Å². The van der Waals surface area contributed by atoms with Gasteiger partial charge in [-0.05, 0) is 24.0 Å². The monoisotopic (exact) mass is 212 g/mol. The summed E-state index contributed by atoms with van der Waals surface area (Å²) in [6, 6.07) is 0. The highest BCUT2D eigenvalue weighted by molar-refractivity contribution is 7.13. The first-order valence-electron chi connectivity index (χ1n) is 4.58. The smallest absolute Gasteiger partial charge is 0.0817 e. The van der Waals surface area contributed by atoms with Crippen LogP contribution in [-0.2, 0) is 12.8 Å². The molecule has 0 fully saturated rings. The average molecular weight is 212 g/mol. The van der Waals surface area contributed by atoms with E-state index in [-0.39, 0.29) is 0 Å². The highest BCUT2D eigenvalue weighted by atomic mass is 32.1. The molecule has 1 aromatic rings. The summed E-state index contributed by atoms with van der Waals surface area (Å²) in [5.74, 6) is 5.35. The van der Waals surface area contributed by atoms with E-state index in [1.807, 2.05) is 12.2 Å². The van der Waals surface area contributed by atoms with Crippen LogP contribution in [0.1, 0.15) is 20.9 Å². The maximum atomic E-state index is 5.45. The van der Waals surface area contributed by atoms with E-state index in [1.165, 1.54) is 11.3 Å². The third-order valence-electron chi connectivity index (χ3n) is 2.08. The van der Waals surface area contributed by atoms with Crippen LogP contribution in [0, 0.1) is 24.7 Å². The van der Waals surface area contributed by atoms with Crippen molar-refractivity contribution in [2.45, 2.75) is 12.8 Å². The van der Waals surface area contributed by atoms with Crippen molar-refractivity contribution in [3.8, 4) is 24.7 Å². The van der Waals surface area contributed by atoms with Gasteiger partial charge in [0.25, 0.3) is 0 Å². The Balaban J connectivity index is 3.36. The molecule has 0 saturated carbocycles. The summed E-state index contributed by atoms with van der Waals surface area (Å²) in [5.41, 5.74) is 2.26. The Morgan fingerprint density at radius 1 is 1.00 bits per heavy atom. The molecule has 0 aliphatic heterocycles. The van der Waals surface area contributed by atoms with Crippen molar-refractivity contribution in [3.63, 3.8) is 0 Å². The molecule has 0 spiro atoms. The van der Waals surface area contributed by atoms with E-state index < -0.39 is 0 Å². The van der Waals surface area contributed by atoms with E-state index in [0.29, 0.717) is 0 Å². The lowest BCUT2D eigenvalue weighted by molar-refractivity contribution is 1.17. The molecule has 0 amide bonds. The van der Waals surface area contributed by atoms with Crippen molar-refractivity contribution in [2.24, 2.45) is 0 Å².